The summed E-state index contributed by atoms with van der Waals surface area (Å²) in [5, 5.41) is 65.2. The van der Waals surface area contributed by atoms with E-state index in [0.717, 1.165) is 22.5 Å². The number of carbonyl (C=O) groups excluding carboxylic acids is 13. The highest BCUT2D eigenvalue weighted by atomic mass is 32.2. The first-order chi connectivity index (χ1) is 54.4. The van der Waals surface area contributed by atoms with Crippen LogP contribution >= 0.6 is 11.8 Å². The summed E-state index contributed by atoms with van der Waals surface area (Å²) in [7, 11) is 0. The Morgan fingerprint density at radius 2 is 1.01 bits per heavy atom. The molecule has 36 heteroatoms. The van der Waals surface area contributed by atoms with Crippen molar-refractivity contribution >= 4 is 133 Å². The molecule has 11 atom stereocenters. The minimum atomic E-state index is -1.99. The number of aromatic amines is 2. The maximum atomic E-state index is 15.1. The Morgan fingerprint density at radius 3 is 1.56 bits per heavy atom. The number of aliphatic carboxylic acids is 1. The zero-order valence-electron chi connectivity index (χ0n) is 64.5. The number of carboxylic acids is 1. The summed E-state index contributed by atoms with van der Waals surface area (Å²) in [6.45, 7) is 6.75. The number of rotatable bonds is 24. The fraction of sp³-hybridized carbons (Fsp3) is 0.474. The molecule has 114 heavy (non-hydrogen) atoms. The Morgan fingerprint density at radius 1 is 0.526 bits per heavy atom. The zero-order valence-corrected chi connectivity index (χ0v) is 65.3. The topological polar surface area (TPSA) is 569 Å². The summed E-state index contributed by atoms with van der Waals surface area (Å²) in [6.07, 6.45) is 2.60. The number of hydrogen-bond donors (Lipinski definition) is 21. The first-order valence-electron chi connectivity index (χ1n) is 38.1. The van der Waals surface area contributed by atoms with Gasteiger partial charge in [0.2, 0.25) is 76.8 Å². The van der Waals surface area contributed by atoms with E-state index in [1.807, 2.05) is 43.3 Å². The molecule has 0 aliphatic carbocycles. The molecule has 1 aliphatic heterocycles. The van der Waals surface area contributed by atoms with Crippen molar-refractivity contribution in [1.29, 1.82) is 5.41 Å². The normalized spacial score (nSPS) is 22.7. The molecule has 0 spiro atoms. The van der Waals surface area contributed by atoms with E-state index in [9.17, 15) is 63.0 Å². The number of carboxylic acid groups (broad SMARTS) is 1. The van der Waals surface area contributed by atoms with E-state index in [2.05, 4.69) is 79.1 Å². The number of aliphatic hydroxyl groups excluding tert-OH is 1. The molecule has 1 aliphatic rings. The molecule has 3 heterocycles. The van der Waals surface area contributed by atoms with Gasteiger partial charge in [0.05, 0.1) is 25.3 Å². The van der Waals surface area contributed by atoms with Crippen LogP contribution in [0.2, 0.25) is 0 Å². The lowest BCUT2D eigenvalue weighted by atomic mass is 9.99. The number of benzene rings is 4. The van der Waals surface area contributed by atoms with E-state index in [4.69, 9.17) is 22.6 Å². The zero-order chi connectivity index (χ0) is 83.1. The molecular formula is C78H107N19O16S. The van der Waals surface area contributed by atoms with Gasteiger partial charge in [-0.3, -0.25) is 72.5 Å². The molecule has 0 bridgehead atoms. The lowest BCUT2D eigenvalue weighted by Gasteiger charge is -2.29. The number of guanidine groups is 1. The number of hydrogen-bond acceptors (Lipinski definition) is 18. The van der Waals surface area contributed by atoms with Crippen molar-refractivity contribution in [2.24, 2.45) is 29.0 Å². The number of thioether (sulfide) groups is 1. The predicted octanol–water partition coefficient (Wildman–Crippen LogP) is -0.737. The van der Waals surface area contributed by atoms with Crippen LogP contribution in [0.3, 0.4) is 0 Å². The van der Waals surface area contributed by atoms with Crippen LogP contribution in [0.25, 0.3) is 32.6 Å². The minimum absolute atomic E-state index is 0.00334. The Hall–Kier alpha value is -11.7. The second-order valence-corrected chi connectivity index (χ2v) is 30.0. The van der Waals surface area contributed by atoms with Crippen molar-refractivity contribution < 1.29 is 77.3 Å². The number of nitrogens with two attached hydrogens (primary N) is 3. The average molecular weight is 1600 g/mol. The molecule has 7 rings (SSSR count). The van der Waals surface area contributed by atoms with E-state index < -0.39 is 186 Å². The van der Waals surface area contributed by atoms with Gasteiger partial charge >= 0.3 is 5.97 Å². The molecule has 1 saturated heterocycles. The fourth-order valence-corrected chi connectivity index (χ4v) is 13.9. The van der Waals surface area contributed by atoms with E-state index in [0.29, 0.717) is 57.8 Å². The quantitative estimate of drug-likeness (QED) is 0.0202. The van der Waals surface area contributed by atoms with Crippen molar-refractivity contribution in [3.63, 3.8) is 0 Å². The number of fused-ring (bicyclic) bond motifs is 3. The third-order valence-corrected chi connectivity index (χ3v) is 20.1. The van der Waals surface area contributed by atoms with Crippen LogP contribution in [0.15, 0.2) is 103 Å². The van der Waals surface area contributed by atoms with Gasteiger partial charge in [-0.1, -0.05) is 126 Å². The highest BCUT2D eigenvalue weighted by Gasteiger charge is 2.38. The molecule has 24 N–H and O–H groups in total. The van der Waals surface area contributed by atoms with Crippen molar-refractivity contribution in [2.75, 3.05) is 37.7 Å². The highest BCUT2D eigenvalue weighted by molar-refractivity contribution is 8.00. The van der Waals surface area contributed by atoms with Crippen molar-refractivity contribution in [2.45, 2.75) is 185 Å². The maximum absolute atomic E-state index is 15.1. The van der Waals surface area contributed by atoms with Crippen molar-refractivity contribution in [1.82, 2.24) is 79.1 Å². The summed E-state index contributed by atoms with van der Waals surface area (Å²) < 4.78 is 0. The Balaban J connectivity index is 1.27. The Labute approximate surface area is 663 Å². The van der Waals surface area contributed by atoms with Crippen molar-refractivity contribution in [3.05, 3.63) is 120 Å². The summed E-state index contributed by atoms with van der Waals surface area (Å²) in [6, 6.07) is 9.89. The number of carbonyl (C=O) groups is 14. The van der Waals surface area contributed by atoms with E-state index in [1.165, 1.54) is 0 Å². The molecule has 2 aromatic heterocycles. The van der Waals surface area contributed by atoms with E-state index in [1.54, 1.807) is 94.7 Å². The minimum Gasteiger partial charge on any atom is -0.481 e. The first-order valence-corrected chi connectivity index (χ1v) is 39.3. The number of unbranched alkanes of at least 4 members (excludes halogenated alkanes) is 2. The van der Waals surface area contributed by atoms with Gasteiger partial charge in [-0.15, -0.1) is 11.8 Å². The monoisotopic (exact) mass is 1600 g/mol. The lowest BCUT2D eigenvalue weighted by Crippen LogP contribution is -2.61. The molecule has 35 nitrogen and oxygen atoms in total. The van der Waals surface area contributed by atoms with Gasteiger partial charge in [0, 0.05) is 65.8 Å². The molecule has 616 valence electrons. The second kappa shape index (κ2) is 44.5. The predicted molar refractivity (Wildman–Crippen MR) is 428 cm³/mol. The Bertz CT molecular complexity index is 4400. The summed E-state index contributed by atoms with van der Waals surface area (Å²) in [4.78, 5) is 207. The van der Waals surface area contributed by atoms with Gasteiger partial charge in [0.1, 0.15) is 66.5 Å². The summed E-state index contributed by atoms with van der Waals surface area (Å²) in [5.41, 5.74) is 20.3. The number of primary amides is 1. The van der Waals surface area contributed by atoms with Gasteiger partial charge in [0.15, 0.2) is 5.96 Å². The summed E-state index contributed by atoms with van der Waals surface area (Å²) in [5.74, 6) is -16.3. The molecule has 1 fully saturated rings. The average Bonchev–Trinajstić information content (AvgIpc) is 1.65. The van der Waals surface area contributed by atoms with Crippen LogP contribution < -0.4 is 86.3 Å². The van der Waals surface area contributed by atoms with Gasteiger partial charge < -0.3 is 107 Å². The van der Waals surface area contributed by atoms with Crippen LogP contribution in [-0.2, 0) is 86.4 Å². The van der Waals surface area contributed by atoms with Crippen LogP contribution in [0.1, 0.15) is 116 Å². The van der Waals surface area contributed by atoms with E-state index >= 15 is 14.4 Å². The number of aromatic nitrogens is 2. The van der Waals surface area contributed by atoms with Gasteiger partial charge in [-0.25, -0.2) is 0 Å². The van der Waals surface area contributed by atoms with Gasteiger partial charge in [-0.2, -0.15) is 0 Å². The number of H-pyrrole nitrogens is 2. The van der Waals surface area contributed by atoms with Crippen LogP contribution in [0.4, 0.5) is 0 Å². The molecular weight excluding hydrogens is 1490 g/mol. The lowest BCUT2D eigenvalue weighted by molar-refractivity contribution is -0.141. The van der Waals surface area contributed by atoms with Crippen molar-refractivity contribution in [3.8, 4) is 0 Å². The smallest absolute Gasteiger partial charge is 0.305 e. The van der Waals surface area contributed by atoms with E-state index in [-0.39, 0.29) is 82.5 Å². The Kier molecular flexibility index (Phi) is 35.0. The fourth-order valence-electron chi connectivity index (χ4n) is 13.0. The third-order valence-electron chi connectivity index (χ3n) is 19.1. The van der Waals surface area contributed by atoms with Crippen LogP contribution in [0.5, 0.6) is 0 Å². The molecule has 13 amide bonds. The number of aliphatic hydroxyl groups is 1. The first kappa shape index (κ1) is 89.5. The van der Waals surface area contributed by atoms with Gasteiger partial charge in [-0.05, 0) is 103 Å². The maximum Gasteiger partial charge on any atom is 0.305 e. The molecule has 0 saturated carbocycles. The van der Waals surface area contributed by atoms with Gasteiger partial charge in [0.25, 0.3) is 0 Å². The van der Waals surface area contributed by atoms with Crippen LogP contribution in [0, 0.1) is 17.2 Å². The van der Waals surface area contributed by atoms with Crippen LogP contribution in [-0.4, -0.2) is 213 Å². The molecule has 6 aromatic rings. The summed E-state index contributed by atoms with van der Waals surface area (Å²) >= 11 is 0.864. The SMILES string of the molecule is CCCC[C@@H]1NC(=O)[C@H](Cc2c[nH]c3ccccc23)NC(=O)[C@H](CC(=O)O)NC(=O)[C@H](CCCNC(=N)N)NC(=O)CNC(=O)[C@H](CO)NC(=O)[C@H](CC(C)C)NC(=O)[C@H](Cc2ccc3ccccc3c2)NC(=O)CSC[C@@H](C(N)=O)NC(=O)[C@H](C(C)C)NC(=O)[C@H](Cc2c[nH]c3ccccc23)NC(=O)[C@H](CCCCN)NC1=O. The number of para-hydroxylation sites is 2. The third kappa shape index (κ3) is 27.6. The largest absolute Gasteiger partial charge is 0.481 e. The molecule has 4 aromatic carbocycles. The molecule has 0 radical (unpaired) electrons. The number of nitrogens with one attached hydrogen (secondary N) is 16. The standard InChI is InChI=1S/C78H107N19O16S/c1-6-7-21-54-70(106)89-55(24-14-15-28-79)71(107)92-59(34-48-37-85-52-23-13-11-20-50(48)52)76(112)97-66(43(4)5)77(113)96-62(67(80)103)40-114-41-64(100)88-57(32-44-26-27-45-17-8-9-18-46(45)31-44)73(109)91-56(30-42(2)3)72(108)95-61(39-98)68(104)86-38-63(99)87-53(25-16-29-83-78(81)82)69(105)94-60(35-65(101)102)75(111)93-58(74(110)90-54)33-47-36-84-51-22-12-10-19-49(47)51/h8-13,17-20,22-23,26-27,31,36-37,42-43,53-62,66,84-85,98H,6-7,14-16,21,24-25,28-30,32-35,38-41,79H2,1-5H3,(H2,80,103)(H,86,104)(H,87,99)(H,88,100)(H,89,106)(H,90,110)(H,91,109)(H,92,107)(H,93,111)(H,94,105)(H,95,108)(H,96,113)(H,97,112)(H,101,102)(H4,81,82,83)/t53-,54-,55-,56-,57-,58-,59-,60-,61-,62-,66-/m0/s1. The highest BCUT2D eigenvalue weighted by Crippen LogP contribution is 2.23. The number of amides is 13. The molecule has 0 unspecified atom stereocenters. The second-order valence-electron chi connectivity index (χ2n) is 28.9.